The summed E-state index contributed by atoms with van der Waals surface area (Å²) < 4.78 is 11.5. The summed E-state index contributed by atoms with van der Waals surface area (Å²) in [4.78, 5) is 0. The van der Waals surface area contributed by atoms with E-state index in [0.29, 0.717) is 0 Å². The molecule has 2 heterocycles. The summed E-state index contributed by atoms with van der Waals surface area (Å²) in [6.07, 6.45) is 8.79. The zero-order valence-corrected chi connectivity index (χ0v) is 8.29. The predicted octanol–water partition coefficient (Wildman–Crippen LogP) is 2.50. The molecule has 74 valence electrons. The van der Waals surface area contributed by atoms with Gasteiger partial charge in [0.15, 0.2) is 5.79 Å². The molecule has 0 radical (unpaired) electrons. The third kappa shape index (κ3) is 1.94. The zero-order chi connectivity index (χ0) is 9.15. The third-order valence-electron chi connectivity index (χ3n) is 3.04. The largest absolute Gasteiger partial charge is 0.346 e. The number of hydrogen-bond acceptors (Lipinski definition) is 2. The van der Waals surface area contributed by atoms with Crippen molar-refractivity contribution in [2.75, 3.05) is 13.2 Å². The van der Waals surface area contributed by atoms with E-state index in [2.05, 4.69) is 19.1 Å². The van der Waals surface area contributed by atoms with Gasteiger partial charge in [-0.25, -0.2) is 0 Å². The Hall–Kier alpha value is -0.340. The fourth-order valence-corrected chi connectivity index (χ4v) is 2.00. The lowest BCUT2D eigenvalue weighted by Gasteiger charge is -2.39. The van der Waals surface area contributed by atoms with E-state index in [1.807, 2.05) is 0 Å². The Morgan fingerprint density at radius 3 is 2.92 bits per heavy atom. The van der Waals surface area contributed by atoms with E-state index in [9.17, 15) is 0 Å². The molecule has 1 saturated heterocycles. The SMILES string of the molecule is CC[C@@H]1CC[C@@]2(C=CCCO2)OC1. The van der Waals surface area contributed by atoms with Gasteiger partial charge in [-0.3, -0.25) is 0 Å². The second-order valence-corrected chi connectivity index (χ2v) is 3.98. The quantitative estimate of drug-likeness (QED) is 0.580. The van der Waals surface area contributed by atoms with Crippen LogP contribution >= 0.6 is 0 Å². The molecule has 0 aromatic heterocycles. The first kappa shape index (κ1) is 9.22. The van der Waals surface area contributed by atoms with Crippen LogP contribution in [0.5, 0.6) is 0 Å². The Labute approximate surface area is 79.9 Å². The maximum atomic E-state index is 5.80. The Balaban J connectivity index is 1.95. The highest BCUT2D eigenvalue weighted by atomic mass is 16.7. The van der Waals surface area contributed by atoms with Crippen molar-refractivity contribution in [3.8, 4) is 0 Å². The van der Waals surface area contributed by atoms with Crippen LogP contribution in [0.15, 0.2) is 12.2 Å². The first-order chi connectivity index (χ1) is 6.35. The average molecular weight is 182 g/mol. The highest BCUT2D eigenvalue weighted by Crippen LogP contribution is 2.33. The van der Waals surface area contributed by atoms with Crippen LogP contribution in [0.25, 0.3) is 0 Å². The molecule has 2 rings (SSSR count). The Morgan fingerprint density at radius 1 is 1.46 bits per heavy atom. The summed E-state index contributed by atoms with van der Waals surface area (Å²) in [6, 6.07) is 0. The molecular formula is C11H18O2. The van der Waals surface area contributed by atoms with E-state index < -0.39 is 0 Å². The molecule has 0 N–H and O–H groups in total. The molecule has 2 aliphatic heterocycles. The van der Waals surface area contributed by atoms with Gasteiger partial charge in [-0.1, -0.05) is 19.4 Å². The molecule has 2 aliphatic rings. The van der Waals surface area contributed by atoms with Crippen LogP contribution in [0, 0.1) is 5.92 Å². The second kappa shape index (κ2) is 3.81. The van der Waals surface area contributed by atoms with E-state index in [0.717, 1.165) is 32.0 Å². The van der Waals surface area contributed by atoms with Crippen LogP contribution in [0.3, 0.4) is 0 Å². The van der Waals surface area contributed by atoms with Gasteiger partial charge in [0, 0.05) is 6.42 Å². The molecule has 2 heteroatoms. The van der Waals surface area contributed by atoms with Crippen molar-refractivity contribution in [3.05, 3.63) is 12.2 Å². The smallest absolute Gasteiger partial charge is 0.187 e. The van der Waals surface area contributed by atoms with Crippen LogP contribution < -0.4 is 0 Å². The zero-order valence-electron chi connectivity index (χ0n) is 8.29. The molecule has 0 aromatic carbocycles. The van der Waals surface area contributed by atoms with Gasteiger partial charge >= 0.3 is 0 Å². The van der Waals surface area contributed by atoms with E-state index >= 15 is 0 Å². The summed E-state index contributed by atoms with van der Waals surface area (Å²) in [7, 11) is 0. The monoisotopic (exact) mass is 182 g/mol. The lowest BCUT2D eigenvalue weighted by atomic mass is 9.93. The van der Waals surface area contributed by atoms with Crippen LogP contribution in [-0.4, -0.2) is 19.0 Å². The predicted molar refractivity (Wildman–Crippen MR) is 51.4 cm³/mol. The maximum absolute atomic E-state index is 5.80. The van der Waals surface area contributed by atoms with Gasteiger partial charge < -0.3 is 9.47 Å². The fraction of sp³-hybridized carbons (Fsp3) is 0.818. The molecule has 2 atom stereocenters. The van der Waals surface area contributed by atoms with Crippen LogP contribution in [-0.2, 0) is 9.47 Å². The van der Waals surface area contributed by atoms with Gasteiger partial charge in [-0.15, -0.1) is 0 Å². The fourth-order valence-electron chi connectivity index (χ4n) is 2.00. The summed E-state index contributed by atoms with van der Waals surface area (Å²) in [5.41, 5.74) is 0. The second-order valence-electron chi connectivity index (χ2n) is 3.98. The minimum absolute atomic E-state index is 0.343. The molecule has 0 aromatic rings. The van der Waals surface area contributed by atoms with Gasteiger partial charge in [-0.05, 0) is 24.8 Å². The van der Waals surface area contributed by atoms with Crippen LogP contribution in [0.1, 0.15) is 32.6 Å². The summed E-state index contributed by atoms with van der Waals surface area (Å²) in [6.45, 7) is 3.90. The van der Waals surface area contributed by atoms with Crippen molar-refractivity contribution in [1.29, 1.82) is 0 Å². The molecule has 13 heavy (non-hydrogen) atoms. The van der Waals surface area contributed by atoms with Crippen molar-refractivity contribution in [3.63, 3.8) is 0 Å². The minimum atomic E-state index is -0.343. The van der Waals surface area contributed by atoms with Crippen molar-refractivity contribution in [1.82, 2.24) is 0 Å². The standard InChI is InChI=1S/C11H18O2/c1-2-10-5-7-11(13-9-10)6-3-4-8-12-11/h3,6,10H,2,4-5,7-9H2,1H3/t10-,11-/m1/s1. The molecule has 0 saturated carbocycles. The first-order valence-corrected chi connectivity index (χ1v) is 5.30. The van der Waals surface area contributed by atoms with Crippen molar-refractivity contribution in [2.24, 2.45) is 5.92 Å². The molecule has 0 amide bonds. The van der Waals surface area contributed by atoms with Gasteiger partial charge in [0.05, 0.1) is 13.2 Å². The molecule has 2 nitrogen and oxygen atoms in total. The molecular weight excluding hydrogens is 164 g/mol. The van der Waals surface area contributed by atoms with Gasteiger partial charge in [0.1, 0.15) is 0 Å². The summed E-state index contributed by atoms with van der Waals surface area (Å²) in [5.74, 6) is 0.397. The van der Waals surface area contributed by atoms with Crippen molar-refractivity contribution in [2.45, 2.75) is 38.4 Å². The number of ether oxygens (including phenoxy) is 2. The molecule has 0 unspecified atom stereocenters. The van der Waals surface area contributed by atoms with Crippen LogP contribution in [0.4, 0.5) is 0 Å². The normalized spacial score (nSPS) is 39.6. The maximum Gasteiger partial charge on any atom is 0.187 e. The highest BCUT2D eigenvalue weighted by Gasteiger charge is 2.35. The Bertz CT molecular complexity index is 190. The van der Waals surface area contributed by atoms with Gasteiger partial charge in [0.2, 0.25) is 0 Å². The number of rotatable bonds is 1. The van der Waals surface area contributed by atoms with Crippen LogP contribution in [0.2, 0.25) is 0 Å². The highest BCUT2D eigenvalue weighted by molar-refractivity contribution is 5.01. The molecule has 0 bridgehead atoms. The molecule has 1 fully saturated rings. The summed E-state index contributed by atoms with van der Waals surface area (Å²) >= 11 is 0. The van der Waals surface area contributed by atoms with Crippen molar-refractivity contribution < 1.29 is 9.47 Å². The third-order valence-corrected chi connectivity index (χ3v) is 3.04. The van der Waals surface area contributed by atoms with E-state index in [1.54, 1.807) is 0 Å². The first-order valence-electron chi connectivity index (χ1n) is 5.30. The number of hydrogen-bond donors (Lipinski definition) is 0. The molecule has 1 spiro atoms. The lowest BCUT2D eigenvalue weighted by molar-refractivity contribution is -0.237. The topological polar surface area (TPSA) is 18.5 Å². The van der Waals surface area contributed by atoms with E-state index in [1.165, 1.54) is 12.8 Å². The average Bonchev–Trinajstić information content (AvgIpc) is 2.20. The van der Waals surface area contributed by atoms with E-state index in [-0.39, 0.29) is 5.79 Å². The Kier molecular flexibility index (Phi) is 2.70. The van der Waals surface area contributed by atoms with Gasteiger partial charge in [-0.2, -0.15) is 0 Å². The minimum Gasteiger partial charge on any atom is -0.346 e. The Morgan fingerprint density at radius 2 is 2.38 bits per heavy atom. The lowest BCUT2D eigenvalue weighted by Crippen LogP contribution is -2.41. The summed E-state index contributed by atoms with van der Waals surface area (Å²) in [5, 5.41) is 0. The van der Waals surface area contributed by atoms with Crippen molar-refractivity contribution >= 4 is 0 Å². The van der Waals surface area contributed by atoms with Gasteiger partial charge in [0.25, 0.3) is 0 Å². The molecule has 0 aliphatic carbocycles. The van der Waals surface area contributed by atoms with E-state index in [4.69, 9.17) is 9.47 Å².